The zero-order valence-corrected chi connectivity index (χ0v) is 17.5. The molecule has 2 aromatic rings. The van der Waals surface area contributed by atoms with Crippen LogP contribution < -0.4 is 5.32 Å². The van der Waals surface area contributed by atoms with Crippen LogP contribution in [0.5, 0.6) is 0 Å². The van der Waals surface area contributed by atoms with E-state index in [2.05, 4.69) is 16.4 Å². The Kier molecular flexibility index (Phi) is 6.15. The third-order valence-electron chi connectivity index (χ3n) is 4.23. The van der Waals surface area contributed by atoms with E-state index in [0.717, 1.165) is 5.69 Å². The monoisotopic (exact) mass is 418 g/mol. The van der Waals surface area contributed by atoms with Gasteiger partial charge in [0.15, 0.2) is 0 Å². The van der Waals surface area contributed by atoms with Crippen LogP contribution in [0.3, 0.4) is 0 Å². The molecule has 0 bridgehead atoms. The summed E-state index contributed by atoms with van der Waals surface area (Å²) in [4.78, 5) is 4.53. The first kappa shape index (κ1) is 20.5. The van der Waals surface area contributed by atoms with Crippen LogP contribution in [0.25, 0.3) is 5.57 Å². The fraction of sp³-hybridized carbons (Fsp3) is 0.368. The molecular weight excluding hydrogens is 396 g/mol. The van der Waals surface area contributed by atoms with E-state index in [9.17, 15) is 13.7 Å². The Hall–Kier alpha value is -2.25. The Morgan fingerprint density at radius 2 is 1.96 bits per heavy atom. The first-order valence-electron chi connectivity index (χ1n) is 8.84. The van der Waals surface area contributed by atoms with Crippen molar-refractivity contribution in [2.24, 2.45) is 0 Å². The highest BCUT2D eigenvalue weighted by Gasteiger charge is 2.32. The maximum Gasteiger partial charge on any atom is 0.243 e. The molecule has 0 radical (unpaired) electrons. The lowest BCUT2D eigenvalue weighted by molar-refractivity contribution is -0.0440. The van der Waals surface area contributed by atoms with Crippen LogP contribution in [-0.2, 0) is 14.8 Å². The van der Waals surface area contributed by atoms with Crippen molar-refractivity contribution in [1.29, 1.82) is 5.26 Å². The Morgan fingerprint density at radius 1 is 1.32 bits per heavy atom. The number of thiazole rings is 1. The second-order valence-corrected chi connectivity index (χ2v) is 9.51. The van der Waals surface area contributed by atoms with Crippen molar-refractivity contribution in [3.63, 3.8) is 0 Å². The van der Waals surface area contributed by atoms with Gasteiger partial charge < -0.3 is 10.1 Å². The summed E-state index contributed by atoms with van der Waals surface area (Å²) in [6, 6.07) is 8.61. The molecule has 0 aliphatic carbocycles. The summed E-state index contributed by atoms with van der Waals surface area (Å²) in [7, 11) is -3.57. The molecule has 1 saturated heterocycles. The van der Waals surface area contributed by atoms with Crippen LogP contribution in [0.4, 0.5) is 5.69 Å². The van der Waals surface area contributed by atoms with E-state index in [1.165, 1.54) is 15.6 Å². The van der Waals surface area contributed by atoms with Gasteiger partial charge in [0.2, 0.25) is 10.0 Å². The fourth-order valence-corrected chi connectivity index (χ4v) is 5.33. The van der Waals surface area contributed by atoms with Crippen molar-refractivity contribution < 1.29 is 13.2 Å². The number of nitrogens with one attached hydrogen (secondary N) is 1. The standard InChI is InChI=1S/C19H22N4O3S2/c1-13-12-27-19(22-13)16(8-20)9-21-17-4-6-18(7-5-17)28(24,25)23-10-14(2)26-15(3)11-23/h4-7,9,12,14-15,21H,10-11H2,1-3H3/b16-9+/t14-,15-/m0/s1. The molecule has 0 spiro atoms. The van der Waals surface area contributed by atoms with Gasteiger partial charge in [0.1, 0.15) is 16.6 Å². The average molecular weight is 419 g/mol. The first-order valence-corrected chi connectivity index (χ1v) is 11.2. The first-order chi connectivity index (χ1) is 13.3. The minimum Gasteiger partial charge on any atom is -0.373 e. The molecular formula is C19H22N4O3S2. The van der Waals surface area contributed by atoms with Crippen LogP contribution in [0.1, 0.15) is 24.5 Å². The highest BCUT2D eigenvalue weighted by Crippen LogP contribution is 2.23. The Labute approximate surface area is 169 Å². The molecule has 1 aliphatic heterocycles. The van der Waals surface area contributed by atoms with Crippen LogP contribution in [0, 0.1) is 18.3 Å². The number of aromatic nitrogens is 1. The van der Waals surface area contributed by atoms with Gasteiger partial charge >= 0.3 is 0 Å². The number of allylic oxidation sites excluding steroid dienone is 1. The van der Waals surface area contributed by atoms with Crippen LogP contribution in [0.15, 0.2) is 40.7 Å². The summed E-state index contributed by atoms with van der Waals surface area (Å²) >= 11 is 1.40. The number of nitriles is 1. The van der Waals surface area contributed by atoms with Crippen molar-refractivity contribution >= 4 is 32.6 Å². The third kappa shape index (κ3) is 4.59. The van der Waals surface area contributed by atoms with Crippen molar-refractivity contribution in [2.75, 3.05) is 18.4 Å². The molecule has 1 aromatic carbocycles. The second kappa shape index (κ2) is 8.41. The van der Waals surface area contributed by atoms with Crippen molar-refractivity contribution in [2.45, 2.75) is 37.9 Å². The SMILES string of the molecule is Cc1csc(/C(C#N)=C/Nc2ccc(S(=O)(=O)N3C[C@H](C)O[C@@H](C)C3)cc2)n1. The number of sulfonamides is 1. The van der Waals surface area contributed by atoms with E-state index in [1.807, 2.05) is 26.2 Å². The quantitative estimate of drug-likeness (QED) is 0.749. The molecule has 9 heteroatoms. The van der Waals surface area contributed by atoms with Crippen molar-refractivity contribution in [1.82, 2.24) is 9.29 Å². The lowest BCUT2D eigenvalue weighted by Gasteiger charge is -2.34. The van der Waals surface area contributed by atoms with Gasteiger partial charge in [-0.3, -0.25) is 0 Å². The van der Waals surface area contributed by atoms with Gasteiger partial charge in [-0.05, 0) is 45.0 Å². The molecule has 1 aromatic heterocycles. The van der Waals surface area contributed by atoms with Crippen LogP contribution in [-0.4, -0.2) is 43.0 Å². The predicted molar refractivity (Wildman–Crippen MR) is 109 cm³/mol. The van der Waals surface area contributed by atoms with E-state index in [0.29, 0.717) is 29.4 Å². The van der Waals surface area contributed by atoms with E-state index < -0.39 is 10.0 Å². The van der Waals surface area contributed by atoms with Crippen LogP contribution in [0.2, 0.25) is 0 Å². The molecule has 2 heterocycles. The van der Waals surface area contributed by atoms with Gasteiger partial charge in [-0.1, -0.05) is 0 Å². The average Bonchev–Trinajstić information content (AvgIpc) is 3.08. The van der Waals surface area contributed by atoms with Gasteiger partial charge in [-0.2, -0.15) is 9.57 Å². The van der Waals surface area contributed by atoms with Gasteiger partial charge in [-0.25, -0.2) is 13.4 Å². The number of rotatable bonds is 5. The number of hydrogen-bond acceptors (Lipinski definition) is 7. The van der Waals surface area contributed by atoms with E-state index >= 15 is 0 Å². The Morgan fingerprint density at radius 3 is 2.50 bits per heavy atom. The summed E-state index contributed by atoms with van der Waals surface area (Å²) in [6.07, 6.45) is 1.31. The molecule has 3 rings (SSSR count). The molecule has 2 atom stereocenters. The van der Waals surface area contributed by atoms with Crippen LogP contribution >= 0.6 is 11.3 Å². The zero-order valence-electron chi connectivity index (χ0n) is 15.9. The molecule has 0 amide bonds. The number of morpholine rings is 1. The van der Waals surface area contributed by atoms with E-state index in [-0.39, 0.29) is 17.1 Å². The fourth-order valence-electron chi connectivity index (χ4n) is 2.97. The van der Waals surface area contributed by atoms with E-state index in [1.54, 1.807) is 30.5 Å². The Bertz CT molecular complexity index is 997. The normalized spacial score (nSPS) is 21.3. The maximum atomic E-state index is 12.9. The maximum absolute atomic E-state index is 12.9. The molecule has 1 aliphatic rings. The summed E-state index contributed by atoms with van der Waals surface area (Å²) < 4.78 is 32.8. The van der Waals surface area contributed by atoms with Gasteiger partial charge in [0, 0.05) is 36.1 Å². The Balaban J connectivity index is 1.74. The highest BCUT2D eigenvalue weighted by molar-refractivity contribution is 7.89. The molecule has 1 N–H and O–H groups in total. The summed E-state index contributed by atoms with van der Waals surface area (Å²) in [5.41, 5.74) is 1.97. The number of anilines is 1. The summed E-state index contributed by atoms with van der Waals surface area (Å²) in [5.74, 6) is 0. The topological polar surface area (TPSA) is 95.3 Å². The van der Waals surface area contributed by atoms with Crippen molar-refractivity contribution in [3.05, 3.63) is 46.5 Å². The lowest BCUT2D eigenvalue weighted by Crippen LogP contribution is -2.48. The van der Waals surface area contributed by atoms with Crippen molar-refractivity contribution in [3.8, 4) is 6.07 Å². The predicted octanol–water partition coefficient (Wildman–Crippen LogP) is 3.23. The number of hydrogen-bond donors (Lipinski definition) is 1. The second-order valence-electron chi connectivity index (χ2n) is 6.71. The minimum absolute atomic E-state index is 0.136. The summed E-state index contributed by atoms with van der Waals surface area (Å²) in [5, 5.41) is 14.9. The van der Waals surface area contributed by atoms with Gasteiger partial charge in [0.25, 0.3) is 0 Å². The minimum atomic E-state index is -3.57. The largest absolute Gasteiger partial charge is 0.373 e. The molecule has 7 nitrogen and oxygen atoms in total. The highest BCUT2D eigenvalue weighted by atomic mass is 32.2. The van der Waals surface area contributed by atoms with Gasteiger partial charge in [0.05, 0.1) is 17.1 Å². The zero-order chi connectivity index (χ0) is 20.3. The molecule has 148 valence electrons. The smallest absolute Gasteiger partial charge is 0.243 e. The lowest BCUT2D eigenvalue weighted by atomic mass is 10.3. The third-order valence-corrected chi connectivity index (χ3v) is 7.07. The molecule has 0 saturated carbocycles. The summed E-state index contributed by atoms with van der Waals surface area (Å²) in [6.45, 7) is 6.29. The number of benzene rings is 1. The van der Waals surface area contributed by atoms with E-state index in [4.69, 9.17) is 4.74 Å². The van der Waals surface area contributed by atoms with Gasteiger partial charge in [-0.15, -0.1) is 11.3 Å². The molecule has 0 unspecified atom stereocenters. The number of aryl methyl sites for hydroxylation is 1. The molecule has 28 heavy (non-hydrogen) atoms. The number of nitrogens with zero attached hydrogens (tertiary/aromatic N) is 3. The number of ether oxygens (including phenoxy) is 1. The molecule has 1 fully saturated rings.